The number of benzene rings is 2. The average Bonchev–Trinajstić information content (AvgIpc) is 2.70. The molecule has 1 aromatic heterocycles. The minimum Gasteiger partial charge on any atom is -0.867 e. The smallest absolute Gasteiger partial charge is 0.238 e. The van der Waals surface area contributed by atoms with Gasteiger partial charge < -0.3 is 15.2 Å². The minimum atomic E-state index is -0.176. The molecule has 1 N–H and O–H groups in total. The molecule has 0 radical (unpaired) electrons. The number of aromatic nitrogens is 1. The summed E-state index contributed by atoms with van der Waals surface area (Å²) in [5.41, 5.74) is 1.69. The molecule has 2 aromatic carbocycles. The van der Waals surface area contributed by atoms with Crippen molar-refractivity contribution in [1.29, 1.82) is 0 Å². The molecule has 1 heterocycles. The van der Waals surface area contributed by atoms with Crippen LogP contribution >= 0.6 is 28.1 Å². The first-order valence-electron chi connectivity index (χ1n) is 8.18. The van der Waals surface area contributed by atoms with E-state index >= 15 is 0 Å². The molecule has 3 aromatic rings. The lowest BCUT2D eigenvalue weighted by Gasteiger charge is -2.18. The Morgan fingerprint density at radius 1 is 1.00 bits per heavy atom. The van der Waals surface area contributed by atoms with Gasteiger partial charge in [-0.15, -0.1) is 0 Å². The van der Waals surface area contributed by atoms with Crippen LogP contribution < -0.4 is 19.7 Å². The van der Waals surface area contributed by atoms with Crippen molar-refractivity contribution in [2.75, 3.05) is 12.4 Å². The Balaban J connectivity index is 2.03. The van der Waals surface area contributed by atoms with Crippen molar-refractivity contribution >= 4 is 50.3 Å². The minimum absolute atomic E-state index is 0.176. The predicted molar refractivity (Wildman–Crippen MR) is 113 cm³/mol. The molecule has 0 spiro atoms. The molecule has 6 heteroatoms. The van der Waals surface area contributed by atoms with Crippen molar-refractivity contribution in [3.05, 3.63) is 89.2 Å². The van der Waals surface area contributed by atoms with Gasteiger partial charge in [0.05, 0.1) is 7.11 Å². The summed E-state index contributed by atoms with van der Waals surface area (Å²) in [4.78, 5) is 0.331. The molecule has 27 heavy (non-hydrogen) atoms. The van der Waals surface area contributed by atoms with Crippen LogP contribution in [-0.2, 0) is 0 Å². The maximum absolute atomic E-state index is 13.3. The first-order chi connectivity index (χ1) is 13.1. The van der Waals surface area contributed by atoms with E-state index in [0.717, 1.165) is 15.9 Å². The molecule has 0 unspecified atom stereocenters. The summed E-state index contributed by atoms with van der Waals surface area (Å²) in [6.45, 7) is 0. The summed E-state index contributed by atoms with van der Waals surface area (Å²) in [6, 6.07) is 20.2. The van der Waals surface area contributed by atoms with Crippen molar-refractivity contribution in [3.8, 4) is 5.75 Å². The average molecular weight is 441 g/mol. The molecular weight excluding hydrogens is 424 g/mol. The van der Waals surface area contributed by atoms with Gasteiger partial charge in [0.15, 0.2) is 17.4 Å². The number of pyridine rings is 1. The lowest BCUT2D eigenvalue weighted by atomic mass is 10.1. The van der Waals surface area contributed by atoms with E-state index in [4.69, 9.17) is 17.0 Å². The molecular formula is C21H17BrN2O2S. The molecule has 4 nitrogen and oxygen atoms in total. The zero-order chi connectivity index (χ0) is 19.2. The lowest BCUT2D eigenvalue weighted by Crippen LogP contribution is -2.39. The summed E-state index contributed by atoms with van der Waals surface area (Å²) in [6.07, 6.45) is 3.60. The molecule has 0 saturated carbocycles. The summed E-state index contributed by atoms with van der Waals surface area (Å²) >= 11 is 9.03. The van der Waals surface area contributed by atoms with E-state index < -0.39 is 0 Å². The first-order valence-corrected chi connectivity index (χ1v) is 9.38. The number of ether oxygens (including phenoxy) is 1. The fourth-order valence-corrected chi connectivity index (χ4v) is 3.30. The van der Waals surface area contributed by atoms with Gasteiger partial charge in [-0.3, -0.25) is 0 Å². The van der Waals surface area contributed by atoms with Gasteiger partial charge in [-0.25, -0.2) is 0 Å². The van der Waals surface area contributed by atoms with Gasteiger partial charge in [0, 0.05) is 22.3 Å². The highest BCUT2D eigenvalue weighted by Crippen LogP contribution is 2.24. The van der Waals surface area contributed by atoms with Crippen molar-refractivity contribution in [2.45, 2.75) is 0 Å². The Kier molecular flexibility index (Phi) is 6.21. The number of anilines is 1. The quantitative estimate of drug-likeness (QED) is 0.283. The predicted octanol–water partition coefficient (Wildman–Crippen LogP) is 3.87. The van der Waals surface area contributed by atoms with Crippen LogP contribution in [0.4, 0.5) is 5.69 Å². The third kappa shape index (κ3) is 4.53. The molecule has 0 aliphatic heterocycles. The second kappa shape index (κ2) is 8.79. The van der Waals surface area contributed by atoms with Crippen LogP contribution in [0.15, 0.2) is 83.6 Å². The number of hydrogen-bond donors (Lipinski definition) is 1. The molecule has 0 bridgehead atoms. The number of rotatable bonds is 5. The highest BCUT2D eigenvalue weighted by Gasteiger charge is 2.19. The highest BCUT2D eigenvalue weighted by atomic mass is 79.9. The molecule has 0 atom stereocenters. The van der Waals surface area contributed by atoms with Crippen LogP contribution in [0.1, 0.15) is 5.56 Å². The number of thiocarbonyl (C=S) groups is 1. The highest BCUT2D eigenvalue weighted by molar-refractivity contribution is 9.10. The third-order valence-electron chi connectivity index (χ3n) is 3.87. The van der Waals surface area contributed by atoms with E-state index in [2.05, 4.69) is 21.2 Å². The summed E-state index contributed by atoms with van der Waals surface area (Å²) < 4.78 is 7.61. The Morgan fingerprint density at radius 2 is 1.67 bits per heavy atom. The van der Waals surface area contributed by atoms with Crippen molar-refractivity contribution in [1.82, 2.24) is 0 Å². The molecule has 0 saturated heterocycles. The third-order valence-corrected chi connectivity index (χ3v) is 4.86. The van der Waals surface area contributed by atoms with Crippen LogP contribution in [0.25, 0.3) is 11.5 Å². The normalized spacial score (nSPS) is 11.5. The van der Waals surface area contributed by atoms with E-state index in [1.165, 1.54) is 0 Å². The second-order valence-electron chi connectivity index (χ2n) is 5.62. The van der Waals surface area contributed by atoms with Crippen molar-refractivity contribution in [3.63, 3.8) is 0 Å². The summed E-state index contributed by atoms with van der Waals surface area (Å²) in [5.74, 6) is 0.571. The lowest BCUT2D eigenvalue weighted by molar-refractivity contribution is -0.577. The van der Waals surface area contributed by atoms with Crippen LogP contribution in [0, 0.1) is 0 Å². The maximum Gasteiger partial charge on any atom is 0.238 e. The topological polar surface area (TPSA) is 48.2 Å². The fraction of sp³-hybridized carbons (Fsp3) is 0.0476. The van der Waals surface area contributed by atoms with Gasteiger partial charge in [0.2, 0.25) is 5.70 Å². The Morgan fingerprint density at radius 3 is 2.30 bits per heavy atom. The standard InChI is InChI=1S/C21H17BrN2O2S/c1-26-16-11-9-15(10-12-16)23-21(27)19(24-13-5-2-6-14-24)20(25)17-7-3-4-8-18(17)22/h2-14H,1H3,(H-,23,25,27). The number of halogens is 1. The van der Waals surface area contributed by atoms with Crippen LogP contribution in [0.2, 0.25) is 0 Å². The van der Waals surface area contributed by atoms with E-state index in [0.29, 0.717) is 16.2 Å². The van der Waals surface area contributed by atoms with Crippen molar-refractivity contribution < 1.29 is 14.4 Å². The zero-order valence-electron chi connectivity index (χ0n) is 14.6. The number of nitrogens with one attached hydrogen (secondary N) is 1. The number of methoxy groups -OCH3 is 1. The van der Waals surface area contributed by atoms with Gasteiger partial charge in [0.25, 0.3) is 0 Å². The molecule has 0 amide bonds. The Hall–Kier alpha value is -2.70. The van der Waals surface area contributed by atoms with Gasteiger partial charge in [0.1, 0.15) is 5.75 Å². The summed E-state index contributed by atoms with van der Waals surface area (Å²) in [5, 5.41) is 16.4. The SMILES string of the molecule is COc1ccc(NC(=S)/C(=C(\[O-])c2ccccc2Br)[n+]2ccccc2)cc1. The molecule has 0 aliphatic carbocycles. The van der Waals surface area contributed by atoms with Gasteiger partial charge >= 0.3 is 0 Å². The van der Waals surface area contributed by atoms with Crippen molar-refractivity contribution in [2.24, 2.45) is 0 Å². The van der Waals surface area contributed by atoms with Crippen LogP contribution in [-0.4, -0.2) is 12.1 Å². The number of hydrogen-bond acceptors (Lipinski definition) is 3. The molecule has 3 rings (SSSR count). The molecule has 0 fully saturated rings. The Labute approximate surface area is 171 Å². The molecule has 0 aliphatic rings. The first kappa shape index (κ1) is 19.1. The summed E-state index contributed by atoms with van der Waals surface area (Å²) in [7, 11) is 1.61. The second-order valence-corrected chi connectivity index (χ2v) is 6.89. The van der Waals surface area contributed by atoms with E-state index in [9.17, 15) is 5.11 Å². The Bertz CT molecular complexity index is 973. The van der Waals surface area contributed by atoms with Gasteiger partial charge in [-0.1, -0.05) is 52.4 Å². The van der Waals surface area contributed by atoms with Crippen LogP contribution in [0.3, 0.4) is 0 Å². The van der Waals surface area contributed by atoms with E-state index in [1.54, 1.807) is 30.1 Å². The monoisotopic (exact) mass is 440 g/mol. The fourth-order valence-electron chi connectivity index (χ4n) is 2.52. The largest absolute Gasteiger partial charge is 0.867 e. The van der Waals surface area contributed by atoms with E-state index in [-0.39, 0.29) is 5.76 Å². The molecule has 136 valence electrons. The van der Waals surface area contributed by atoms with Gasteiger partial charge in [-0.2, -0.15) is 4.57 Å². The van der Waals surface area contributed by atoms with Crippen LogP contribution in [0.5, 0.6) is 5.75 Å². The maximum atomic E-state index is 13.3. The van der Waals surface area contributed by atoms with E-state index in [1.807, 2.05) is 60.7 Å². The number of nitrogens with zero attached hydrogens (tertiary/aromatic N) is 1. The van der Waals surface area contributed by atoms with Gasteiger partial charge in [-0.05, 0) is 41.7 Å². The zero-order valence-corrected chi connectivity index (χ0v) is 17.0.